The number of benzene rings is 1. The van der Waals surface area contributed by atoms with Gasteiger partial charge in [0, 0.05) is 11.8 Å². The molecule has 0 unspecified atom stereocenters. The van der Waals surface area contributed by atoms with E-state index in [4.69, 9.17) is 9.84 Å². The van der Waals surface area contributed by atoms with Crippen molar-refractivity contribution >= 4 is 6.21 Å². The van der Waals surface area contributed by atoms with Crippen molar-refractivity contribution in [1.29, 1.82) is 0 Å². The van der Waals surface area contributed by atoms with Gasteiger partial charge in [0.1, 0.15) is 0 Å². The highest BCUT2D eigenvalue weighted by molar-refractivity contribution is 5.84. The summed E-state index contributed by atoms with van der Waals surface area (Å²) in [6.07, 6.45) is 1.04. The molecular weight excluding hydrogens is 194 g/mol. The fourth-order valence-corrected chi connectivity index (χ4v) is 1.11. The van der Waals surface area contributed by atoms with Crippen LogP contribution in [0.25, 0.3) is 0 Å². The van der Waals surface area contributed by atoms with Crippen molar-refractivity contribution < 1.29 is 14.9 Å². The van der Waals surface area contributed by atoms with Crippen LogP contribution in [0.5, 0.6) is 11.5 Å². The minimum atomic E-state index is -0.478. The van der Waals surface area contributed by atoms with Gasteiger partial charge in [0.2, 0.25) is 0 Å². The third-order valence-corrected chi connectivity index (χ3v) is 1.85. The zero-order valence-electron chi connectivity index (χ0n) is 8.84. The minimum absolute atomic E-state index is 0.0642. The summed E-state index contributed by atoms with van der Waals surface area (Å²) in [4.78, 5) is 3.99. The van der Waals surface area contributed by atoms with Crippen LogP contribution in [0.1, 0.15) is 12.5 Å². The van der Waals surface area contributed by atoms with Gasteiger partial charge in [0.05, 0.1) is 19.8 Å². The Labute approximate surface area is 88.9 Å². The summed E-state index contributed by atoms with van der Waals surface area (Å²) in [7, 11) is 1.49. The molecular formula is C11H15NO3. The number of hydrogen-bond acceptors (Lipinski definition) is 4. The summed E-state index contributed by atoms with van der Waals surface area (Å²) >= 11 is 0. The van der Waals surface area contributed by atoms with E-state index in [0.717, 1.165) is 0 Å². The second-order valence-corrected chi connectivity index (χ2v) is 3.24. The lowest BCUT2D eigenvalue weighted by molar-refractivity contribution is 0.204. The summed E-state index contributed by atoms with van der Waals surface area (Å²) in [5.41, 5.74) is 0.579. The zero-order chi connectivity index (χ0) is 11.3. The largest absolute Gasteiger partial charge is 0.504 e. The zero-order valence-corrected chi connectivity index (χ0v) is 8.84. The van der Waals surface area contributed by atoms with Gasteiger partial charge in [-0.1, -0.05) is 6.07 Å². The number of nitrogens with zero attached hydrogens (tertiary/aromatic N) is 1. The number of phenols is 1. The number of aliphatic hydroxyl groups excluding tert-OH is 1. The molecule has 0 fully saturated rings. The molecule has 0 radical (unpaired) electrons. The highest BCUT2D eigenvalue weighted by Crippen LogP contribution is 2.27. The van der Waals surface area contributed by atoms with E-state index in [1.165, 1.54) is 13.3 Å². The van der Waals surface area contributed by atoms with Gasteiger partial charge in [-0.25, -0.2) is 0 Å². The first-order valence-electron chi connectivity index (χ1n) is 4.69. The fourth-order valence-electron chi connectivity index (χ4n) is 1.11. The lowest BCUT2D eigenvalue weighted by Gasteiger charge is -2.05. The van der Waals surface area contributed by atoms with E-state index < -0.39 is 6.10 Å². The van der Waals surface area contributed by atoms with Crippen LogP contribution in [0.15, 0.2) is 23.2 Å². The summed E-state index contributed by atoms with van der Waals surface area (Å²) < 4.78 is 4.95. The van der Waals surface area contributed by atoms with Crippen molar-refractivity contribution in [3.8, 4) is 11.5 Å². The van der Waals surface area contributed by atoms with Crippen molar-refractivity contribution in [2.45, 2.75) is 13.0 Å². The van der Waals surface area contributed by atoms with E-state index >= 15 is 0 Å². The molecule has 1 aromatic rings. The summed E-state index contributed by atoms with van der Waals surface area (Å²) in [5.74, 6) is 0.477. The quantitative estimate of drug-likeness (QED) is 0.732. The first-order chi connectivity index (χ1) is 7.15. The van der Waals surface area contributed by atoms with Gasteiger partial charge in [0.25, 0.3) is 0 Å². The summed E-state index contributed by atoms with van der Waals surface area (Å²) in [6.45, 7) is 1.97. The van der Waals surface area contributed by atoms with E-state index in [-0.39, 0.29) is 5.75 Å². The fraction of sp³-hybridized carbons (Fsp3) is 0.364. The highest BCUT2D eigenvalue weighted by atomic mass is 16.5. The number of methoxy groups -OCH3 is 1. The van der Waals surface area contributed by atoms with E-state index in [2.05, 4.69) is 4.99 Å². The average Bonchev–Trinajstić information content (AvgIpc) is 2.20. The van der Waals surface area contributed by atoms with Crippen molar-refractivity contribution in [2.75, 3.05) is 13.7 Å². The number of hydrogen-bond donors (Lipinski definition) is 2. The minimum Gasteiger partial charge on any atom is -0.504 e. The van der Waals surface area contributed by atoms with Crippen LogP contribution in [0.3, 0.4) is 0 Å². The van der Waals surface area contributed by atoms with Crippen LogP contribution < -0.4 is 4.74 Å². The van der Waals surface area contributed by atoms with Crippen LogP contribution in [0.2, 0.25) is 0 Å². The van der Waals surface area contributed by atoms with Crippen LogP contribution in [-0.2, 0) is 0 Å². The molecule has 2 N–H and O–H groups in total. The maximum absolute atomic E-state index is 9.68. The standard InChI is InChI=1S/C11H15NO3/c1-8(13)6-12-7-9-4-3-5-10(15-2)11(9)14/h3-5,7-8,13-14H,6H2,1-2H3/t8-/m0/s1. The molecule has 15 heavy (non-hydrogen) atoms. The maximum Gasteiger partial charge on any atom is 0.166 e. The van der Waals surface area contributed by atoms with Crippen LogP contribution in [0.4, 0.5) is 0 Å². The molecule has 1 atom stereocenters. The van der Waals surface area contributed by atoms with Gasteiger partial charge < -0.3 is 14.9 Å². The molecule has 0 spiro atoms. The van der Waals surface area contributed by atoms with E-state index in [1.807, 2.05) is 0 Å². The number of aliphatic imine (C=N–C) groups is 1. The molecule has 0 aliphatic heterocycles. The summed E-state index contributed by atoms with van der Waals surface area (Å²) in [6, 6.07) is 5.16. The first kappa shape index (κ1) is 11.5. The van der Waals surface area contributed by atoms with Crippen molar-refractivity contribution in [1.82, 2.24) is 0 Å². The topological polar surface area (TPSA) is 62.0 Å². The molecule has 0 amide bonds. The van der Waals surface area contributed by atoms with Gasteiger partial charge in [-0.15, -0.1) is 0 Å². The number of phenolic OH excluding ortho intramolecular Hbond substituents is 1. The molecule has 0 heterocycles. The van der Waals surface area contributed by atoms with Crippen molar-refractivity contribution in [3.05, 3.63) is 23.8 Å². The molecule has 82 valence electrons. The third-order valence-electron chi connectivity index (χ3n) is 1.85. The van der Waals surface area contributed by atoms with Gasteiger partial charge in [-0.2, -0.15) is 0 Å². The number of ether oxygens (including phenoxy) is 1. The average molecular weight is 209 g/mol. The van der Waals surface area contributed by atoms with Crippen molar-refractivity contribution in [2.24, 2.45) is 4.99 Å². The first-order valence-corrected chi connectivity index (χ1v) is 4.69. The molecule has 0 aliphatic rings. The molecule has 0 aromatic heterocycles. The van der Waals surface area contributed by atoms with Gasteiger partial charge >= 0.3 is 0 Å². The third kappa shape index (κ3) is 3.25. The molecule has 4 nitrogen and oxygen atoms in total. The number of rotatable bonds is 4. The molecule has 1 rings (SSSR count). The SMILES string of the molecule is COc1cccc(C=NC[C@H](C)O)c1O. The Hall–Kier alpha value is -1.55. The van der Waals surface area contributed by atoms with Gasteiger partial charge in [-0.3, -0.25) is 4.99 Å². The molecule has 0 bridgehead atoms. The lowest BCUT2D eigenvalue weighted by Crippen LogP contribution is -2.03. The Morgan fingerprint density at radius 3 is 2.87 bits per heavy atom. The monoisotopic (exact) mass is 209 g/mol. The number of aliphatic hydroxyl groups is 1. The highest BCUT2D eigenvalue weighted by Gasteiger charge is 2.04. The van der Waals surface area contributed by atoms with E-state index in [9.17, 15) is 5.11 Å². The van der Waals surface area contributed by atoms with Crippen molar-refractivity contribution in [3.63, 3.8) is 0 Å². The Kier molecular flexibility index (Phi) is 4.12. The summed E-state index contributed by atoms with van der Waals surface area (Å²) in [5, 5.41) is 18.7. The maximum atomic E-state index is 9.68. The lowest BCUT2D eigenvalue weighted by atomic mass is 10.2. The molecule has 0 saturated heterocycles. The predicted molar refractivity (Wildman–Crippen MR) is 58.8 cm³/mol. The van der Waals surface area contributed by atoms with Crippen LogP contribution in [0, 0.1) is 0 Å². The van der Waals surface area contributed by atoms with Gasteiger partial charge in [-0.05, 0) is 19.1 Å². The molecule has 4 heteroatoms. The van der Waals surface area contributed by atoms with E-state index in [1.54, 1.807) is 25.1 Å². The van der Waals surface area contributed by atoms with Gasteiger partial charge in [0.15, 0.2) is 11.5 Å². The van der Waals surface area contributed by atoms with Crippen LogP contribution in [-0.4, -0.2) is 36.2 Å². The number of para-hydroxylation sites is 1. The Balaban J connectivity index is 2.81. The van der Waals surface area contributed by atoms with Crippen LogP contribution >= 0.6 is 0 Å². The molecule has 0 saturated carbocycles. The number of aromatic hydroxyl groups is 1. The Morgan fingerprint density at radius 1 is 1.53 bits per heavy atom. The van der Waals surface area contributed by atoms with E-state index in [0.29, 0.717) is 17.9 Å². The predicted octanol–water partition coefficient (Wildman–Crippen LogP) is 1.20. The molecule has 0 aliphatic carbocycles. The molecule has 1 aromatic carbocycles. The smallest absolute Gasteiger partial charge is 0.166 e. The second-order valence-electron chi connectivity index (χ2n) is 3.24. The second kappa shape index (κ2) is 5.36. The Morgan fingerprint density at radius 2 is 2.27 bits per heavy atom. The normalized spacial score (nSPS) is 13.0. The Bertz CT molecular complexity index is 348.